The Morgan fingerprint density at radius 1 is 1.21 bits per heavy atom. The summed E-state index contributed by atoms with van der Waals surface area (Å²) in [5, 5.41) is 13.2. The Balaban J connectivity index is 1.92. The lowest BCUT2D eigenvalue weighted by molar-refractivity contribution is 0.0943. The van der Waals surface area contributed by atoms with Gasteiger partial charge in [-0.1, -0.05) is 30.3 Å². The zero-order chi connectivity index (χ0) is 17.1. The van der Waals surface area contributed by atoms with E-state index >= 15 is 0 Å². The number of carbonyl (C=O) groups excluding carboxylic acids is 2. The van der Waals surface area contributed by atoms with Crippen LogP contribution in [0.5, 0.6) is 5.75 Å². The van der Waals surface area contributed by atoms with Gasteiger partial charge in [0.2, 0.25) is 6.29 Å². The van der Waals surface area contributed by atoms with Gasteiger partial charge in [-0.25, -0.2) is 9.97 Å². The van der Waals surface area contributed by atoms with Gasteiger partial charge in [0, 0.05) is 11.9 Å². The molecular formula is C18H14N3O3. The van der Waals surface area contributed by atoms with Gasteiger partial charge in [-0.2, -0.15) is 0 Å². The number of aromatic nitrogens is 2. The van der Waals surface area contributed by atoms with Crippen LogP contribution in [-0.2, 0) is 4.79 Å². The molecule has 1 aromatic carbocycles. The summed E-state index contributed by atoms with van der Waals surface area (Å²) in [4.78, 5) is 31.9. The Hall–Kier alpha value is -3.28. The van der Waals surface area contributed by atoms with Crippen LogP contribution >= 0.6 is 0 Å². The Morgan fingerprint density at radius 3 is 2.67 bits per heavy atom. The number of hydrogen-bond acceptors (Lipinski definition) is 5. The van der Waals surface area contributed by atoms with Crippen LogP contribution in [0.15, 0.2) is 48.7 Å². The molecule has 0 bridgehead atoms. The Labute approximate surface area is 138 Å². The fraction of sp³-hybridized carbons (Fsp3) is 0.111. The first-order valence-electron chi connectivity index (χ1n) is 7.29. The minimum atomic E-state index is -0.926. The molecule has 6 nitrogen and oxygen atoms in total. The van der Waals surface area contributed by atoms with Crippen molar-refractivity contribution in [3.63, 3.8) is 0 Å². The van der Waals surface area contributed by atoms with E-state index in [2.05, 4.69) is 15.3 Å². The molecule has 3 rings (SSSR count). The Kier molecular flexibility index (Phi) is 4.20. The number of carbonyl (C=O) groups is 1. The predicted molar refractivity (Wildman–Crippen MR) is 88.3 cm³/mol. The molecule has 0 aliphatic carbocycles. The monoisotopic (exact) mass is 320 g/mol. The normalized spacial score (nSPS) is 11.9. The molecule has 0 fully saturated rings. The minimum absolute atomic E-state index is 0.0238. The first-order chi connectivity index (χ1) is 11.6. The molecule has 1 radical (unpaired) electrons. The van der Waals surface area contributed by atoms with E-state index in [0.29, 0.717) is 16.6 Å². The number of nitrogens with zero attached hydrogens (tertiary/aromatic N) is 2. The highest BCUT2D eigenvalue weighted by atomic mass is 16.3. The molecular weight excluding hydrogens is 306 g/mol. The maximum absolute atomic E-state index is 12.4. The fourth-order valence-electron chi connectivity index (χ4n) is 2.36. The first kappa shape index (κ1) is 15.6. The molecule has 0 aliphatic rings. The van der Waals surface area contributed by atoms with Gasteiger partial charge in [0.05, 0.1) is 5.39 Å². The summed E-state index contributed by atoms with van der Waals surface area (Å²) in [6, 6.07) is 11.2. The smallest absolute Gasteiger partial charge is 0.257 e. The summed E-state index contributed by atoms with van der Waals surface area (Å²) in [6.07, 6.45) is 3.03. The van der Waals surface area contributed by atoms with Gasteiger partial charge in [-0.05, 0) is 24.6 Å². The molecule has 0 saturated heterocycles. The van der Waals surface area contributed by atoms with Gasteiger partial charge in [0.25, 0.3) is 5.91 Å². The second kappa shape index (κ2) is 6.45. The van der Waals surface area contributed by atoms with Crippen LogP contribution in [0.2, 0.25) is 0 Å². The van der Waals surface area contributed by atoms with E-state index in [1.54, 1.807) is 48.8 Å². The summed E-state index contributed by atoms with van der Waals surface area (Å²) in [6.45, 7) is 1.81. The van der Waals surface area contributed by atoms with Crippen molar-refractivity contribution in [1.29, 1.82) is 0 Å². The topological polar surface area (TPSA) is 92.2 Å². The van der Waals surface area contributed by atoms with Gasteiger partial charge >= 0.3 is 0 Å². The van der Waals surface area contributed by atoms with Crippen LogP contribution in [0.4, 0.5) is 0 Å². The van der Waals surface area contributed by atoms with E-state index in [9.17, 15) is 14.7 Å². The molecule has 3 aromatic rings. The van der Waals surface area contributed by atoms with Crippen LogP contribution in [0, 0.1) is 6.92 Å². The molecule has 6 heteroatoms. The number of benzene rings is 1. The maximum atomic E-state index is 12.4. The molecule has 0 aliphatic heterocycles. The van der Waals surface area contributed by atoms with Crippen molar-refractivity contribution >= 4 is 23.2 Å². The van der Waals surface area contributed by atoms with Crippen LogP contribution in [-0.4, -0.2) is 27.3 Å². The Bertz CT molecular complexity index is 910. The maximum Gasteiger partial charge on any atom is 0.257 e. The summed E-state index contributed by atoms with van der Waals surface area (Å²) < 4.78 is 0. The lowest BCUT2D eigenvalue weighted by Gasteiger charge is -2.13. The molecule has 0 spiro atoms. The molecule has 1 atom stereocenters. The summed E-state index contributed by atoms with van der Waals surface area (Å²) in [5.74, 6) is -0.831. The quantitative estimate of drug-likeness (QED) is 0.769. The third kappa shape index (κ3) is 2.94. The summed E-state index contributed by atoms with van der Waals surface area (Å²) >= 11 is 0. The van der Waals surface area contributed by atoms with Crippen molar-refractivity contribution in [2.24, 2.45) is 0 Å². The van der Waals surface area contributed by atoms with E-state index < -0.39 is 11.9 Å². The highest BCUT2D eigenvalue weighted by molar-refractivity contribution is 6.02. The Morgan fingerprint density at radius 2 is 1.96 bits per heavy atom. The number of hydrogen-bond donors (Lipinski definition) is 2. The van der Waals surface area contributed by atoms with Crippen molar-refractivity contribution in [3.05, 3.63) is 65.5 Å². The minimum Gasteiger partial charge on any atom is -0.506 e. The number of aryl methyl sites for hydroxylation is 1. The van der Waals surface area contributed by atoms with Crippen LogP contribution in [0.25, 0.3) is 11.0 Å². The van der Waals surface area contributed by atoms with E-state index in [0.717, 1.165) is 5.69 Å². The average Bonchev–Trinajstić information content (AvgIpc) is 2.60. The number of pyridine rings is 2. The van der Waals surface area contributed by atoms with Gasteiger partial charge in [0.15, 0.2) is 5.65 Å². The second-order valence-corrected chi connectivity index (χ2v) is 5.28. The summed E-state index contributed by atoms with van der Waals surface area (Å²) in [7, 11) is 0. The lowest BCUT2D eigenvalue weighted by atomic mass is 10.1. The number of nitrogens with one attached hydrogen (secondary N) is 1. The van der Waals surface area contributed by atoms with E-state index in [4.69, 9.17) is 0 Å². The molecule has 0 saturated carbocycles. The van der Waals surface area contributed by atoms with Gasteiger partial charge in [0.1, 0.15) is 17.4 Å². The van der Waals surface area contributed by atoms with Crippen molar-refractivity contribution in [2.75, 3.05) is 0 Å². The predicted octanol–water partition coefficient (Wildman–Crippen LogP) is 2.22. The third-order valence-electron chi connectivity index (χ3n) is 3.61. The molecule has 2 N–H and O–H groups in total. The van der Waals surface area contributed by atoms with Crippen LogP contribution in [0.1, 0.15) is 27.7 Å². The number of rotatable bonds is 4. The van der Waals surface area contributed by atoms with Crippen LogP contribution < -0.4 is 5.32 Å². The third-order valence-corrected chi connectivity index (χ3v) is 3.61. The van der Waals surface area contributed by atoms with E-state index in [-0.39, 0.29) is 11.3 Å². The van der Waals surface area contributed by atoms with Gasteiger partial charge in [-0.3, -0.25) is 9.59 Å². The first-order valence-corrected chi connectivity index (χ1v) is 7.29. The lowest BCUT2D eigenvalue weighted by Crippen LogP contribution is -2.29. The molecule has 2 aromatic heterocycles. The van der Waals surface area contributed by atoms with Crippen LogP contribution in [0.3, 0.4) is 0 Å². The van der Waals surface area contributed by atoms with E-state index in [1.807, 2.05) is 6.92 Å². The number of fused-ring (bicyclic) bond motifs is 1. The zero-order valence-electron chi connectivity index (χ0n) is 12.9. The van der Waals surface area contributed by atoms with E-state index in [1.165, 1.54) is 6.20 Å². The largest absolute Gasteiger partial charge is 0.506 e. The molecule has 1 amide bonds. The van der Waals surface area contributed by atoms with Crippen molar-refractivity contribution in [3.8, 4) is 5.75 Å². The van der Waals surface area contributed by atoms with Crippen molar-refractivity contribution < 1.29 is 14.7 Å². The highest BCUT2D eigenvalue weighted by Gasteiger charge is 2.20. The molecule has 24 heavy (non-hydrogen) atoms. The SMILES string of the molecule is Cc1ccc2c(O)c(C(=O)NC([C]=O)c3ccccc3)cnc2n1. The fourth-order valence-corrected chi connectivity index (χ4v) is 2.36. The van der Waals surface area contributed by atoms with Crippen molar-refractivity contribution in [1.82, 2.24) is 15.3 Å². The van der Waals surface area contributed by atoms with Gasteiger partial charge < -0.3 is 10.4 Å². The number of amides is 1. The summed E-state index contributed by atoms with van der Waals surface area (Å²) in [5.41, 5.74) is 1.69. The van der Waals surface area contributed by atoms with Crippen molar-refractivity contribution in [2.45, 2.75) is 13.0 Å². The molecule has 2 heterocycles. The average molecular weight is 320 g/mol. The zero-order valence-corrected chi connectivity index (χ0v) is 12.9. The standard InChI is InChI=1S/C18H14N3O3/c1-11-7-8-13-16(23)14(9-19-17(13)20-11)18(24)21-15(10-22)12-5-3-2-4-6-12/h2-9,15H,1H3,(H,21,24)(H,19,20,23). The second-order valence-electron chi connectivity index (χ2n) is 5.28. The number of aromatic hydroxyl groups is 1. The molecule has 119 valence electrons. The van der Waals surface area contributed by atoms with Gasteiger partial charge in [-0.15, -0.1) is 0 Å². The highest BCUT2D eigenvalue weighted by Crippen LogP contribution is 2.26. The molecule has 1 unspecified atom stereocenters.